The minimum Gasteiger partial charge on any atom is -0.494 e. The largest absolute Gasteiger partial charge is 0.494 e. The molecule has 0 heterocycles. The summed E-state index contributed by atoms with van der Waals surface area (Å²) in [7, 11) is 0. The molecule has 18 heavy (non-hydrogen) atoms. The quantitative estimate of drug-likeness (QED) is 0.664. The summed E-state index contributed by atoms with van der Waals surface area (Å²) < 4.78 is 5.68. The van der Waals surface area contributed by atoms with E-state index < -0.39 is 0 Å². The van der Waals surface area contributed by atoms with Crippen LogP contribution in [0.25, 0.3) is 0 Å². The lowest BCUT2D eigenvalue weighted by Gasteiger charge is -2.18. The van der Waals surface area contributed by atoms with Gasteiger partial charge in [-0.3, -0.25) is 0 Å². The smallest absolute Gasteiger partial charge is 0.119 e. The molecule has 0 aromatic heterocycles. The maximum Gasteiger partial charge on any atom is 0.119 e. The van der Waals surface area contributed by atoms with Crippen molar-refractivity contribution in [3.8, 4) is 5.75 Å². The van der Waals surface area contributed by atoms with Gasteiger partial charge in [-0.25, -0.2) is 0 Å². The first-order valence-electron chi connectivity index (χ1n) is 6.88. The molecule has 0 radical (unpaired) electrons. The van der Waals surface area contributed by atoms with E-state index in [1.807, 2.05) is 12.1 Å². The third kappa shape index (κ3) is 4.92. The molecule has 1 unspecified atom stereocenters. The maximum absolute atomic E-state index is 5.68. The van der Waals surface area contributed by atoms with Crippen LogP contribution in [0, 0.1) is 0 Å². The molecule has 1 aromatic rings. The predicted octanol–water partition coefficient (Wildman–Crippen LogP) is 4.09. The van der Waals surface area contributed by atoms with Gasteiger partial charge in [0.1, 0.15) is 5.75 Å². The van der Waals surface area contributed by atoms with Gasteiger partial charge in [0, 0.05) is 6.04 Å². The molecule has 1 rings (SSSR count). The molecule has 0 spiro atoms. The number of nitrogens with one attached hydrogen (secondary N) is 1. The second kappa shape index (κ2) is 8.76. The average Bonchev–Trinajstić information content (AvgIpc) is 2.41. The zero-order valence-corrected chi connectivity index (χ0v) is 11.6. The highest BCUT2D eigenvalue weighted by Gasteiger charge is 2.09. The van der Waals surface area contributed by atoms with Gasteiger partial charge in [-0.15, -0.1) is 6.58 Å². The number of benzene rings is 1. The highest BCUT2D eigenvalue weighted by Crippen LogP contribution is 2.23. The third-order valence-corrected chi connectivity index (χ3v) is 2.84. The topological polar surface area (TPSA) is 21.3 Å². The highest BCUT2D eigenvalue weighted by molar-refractivity contribution is 5.30. The van der Waals surface area contributed by atoms with E-state index in [0.717, 1.165) is 38.2 Å². The van der Waals surface area contributed by atoms with Crippen LogP contribution in [0.5, 0.6) is 5.75 Å². The van der Waals surface area contributed by atoms with Crippen molar-refractivity contribution >= 4 is 0 Å². The fourth-order valence-electron chi connectivity index (χ4n) is 1.96. The van der Waals surface area contributed by atoms with Gasteiger partial charge in [0.05, 0.1) is 6.61 Å². The van der Waals surface area contributed by atoms with E-state index in [9.17, 15) is 0 Å². The van der Waals surface area contributed by atoms with Crippen molar-refractivity contribution in [2.24, 2.45) is 0 Å². The average molecular weight is 247 g/mol. The van der Waals surface area contributed by atoms with E-state index in [0.29, 0.717) is 6.04 Å². The number of allylic oxidation sites excluding steroid dienone is 1. The van der Waals surface area contributed by atoms with Crippen molar-refractivity contribution < 1.29 is 4.74 Å². The van der Waals surface area contributed by atoms with Crippen LogP contribution in [0.4, 0.5) is 0 Å². The molecule has 0 aliphatic carbocycles. The second-order valence-corrected chi connectivity index (χ2v) is 4.40. The first-order chi connectivity index (χ1) is 8.81. The third-order valence-electron chi connectivity index (χ3n) is 2.84. The summed E-state index contributed by atoms with van der Waals surface area (Å²) in [6.45, 7) is 9.80. The van der Waals surface area contributed by atoms with Gasteiger partial charge in [-0.05, 0) is 43.5 Å². The van der Waals surface area contributed by atoms with Crippen molar-refractivity contribution in [3.63, 3.8) is 0 Å². The second-order valence-electron chi connectivity index (χ2n) is 4.40. The molecule has 2 heteroatoms. The first kappa shape index (κ1) is 14.8. The summed E-state index contributed by atoms with van der Waals surface area (Å²) in [6.07, 6.45) is 5.12. The summed E-state index contributed by atoms with van der Waals surface area (Å²) in [5.41, 5.74) is 1.30. The van der Waals surface area contributed by atoms with Crippen LogP contribution in [0.2, 0.25) is 0 Å². The van der Waals surface area contributed by atoms with E-state index in [2.05, 4.69) is 43.9 Å². The molecule has 0 bridgehead atoms. The Balaban J connectivity index is 2.72. The molecule has 0 amide bonds. The number of ether oxygens (including phenoxy) is 1. The molecule has 1 aromatic carbocycles. The van der Waals surface area contributed by atoms with Crippen molar-refractivity contribution in [2.45, 2.75) is 39.2 Å². The van der Waals surface area contributed by atoms with Crippen LogP contribution in [-0.2, 0) is 0 Å². The summed E-state index contributed by atoms with van der Waals surface area (Å²) in [4.78, 5) is 0. The number of hydrogen-bond donors (Lipinski definition) is 1. The van der Waals surface area contributed by atoms with Gasteiger partial charge in [-0.2, -0.15) is 0 Å². The van der Waals surface area contributed by atoms with Crippen molar-refractivity contribution in [3.05, 3.63) is 42.5 Å². The Morgan fingerprint density at radius 2 is 2.22 bits per heavy atom. The van der Waals surface area contributed by atoms with Crippen LogP contribution in [0.15, 0.2) is 36.9 Å². The van der Waals surface area contributed by atoms with E-state index in [4.69, 9.17) is 4.74 Å². The van der Waals surface area contributed by atoms with Crippen LogP contribution >= 0.6 is 0 Å². The molecule has 0 saturated carbocycles. The van der Waals surface area contributed by atoms with Crippen LogP contribution < -0.4 is 10.1 Å². The molecule has 0 fully saturated rings. The van der Waals surface area contributed by atoms with Gasteiger partial charge in [0.15, 0.2) is 0 Å². The van der Waals surface area contributed by atoms with Gasteiger partial charge in [0.2, 0.25) is 0 Å². The molecule has 0 saturated heterocycles. The highest BCUT2D eigenvalue weighted by atomic mass is 16.5. The van der Waals surface area contributed by atoms with Crippen molar-refractivity contribution in [1.82, 2.24) is 5.32 Å². The lowest BCUT2D eigenvalue weighted by Crippen LogP contribution is -2.20. The molecule has 0 aliphatic rings. The molecule has 1 atom stereocenters. The lowest BCUT2D eigenvalue weighted by atomic mass is 10.0. The van der Waals surface area contributed by atoms with E-state index in [1.165, 1.54) is 5.56 Å². The SMILES string of the molecule is C=CCCC(NCC)c1cccc(OCCC)c1. The zero-order chi connectivity index (χ0) is 13.2. The normalized spacial score (nSPS) is 12.1. The summed E-state index contributed by atoms with van der Waals surface area (Å²) in [5, 5.41) is 3.51. The Labute approximate surface area is 111 Å². The molecule has 0 aliphatic heterocycles. The van der Waals surface area contributed by atoms with Gasteiger partial charge in [0.25, 0.3) is 0 Å². The molecule has 2 nitrogen and oxygen atoms in total. The Hall–Kier alpha value is -1.28. The number of hydrogen-bond acceptors (Lipinski definition) is 2. The molecular formula is C16H25NO. The van der Waals surface area contributed by atoms with E-state index in [-0.39, 0.29) is 0 Å². The Bertz CT molecular complexity index is 349. The lowest BCUT2D eigenvalue weighted by molar-refractivity contribution is 0.316. The fourth-order valence-corrected chi connectivity index (χ4v) is 1.96. The fraction of sp³-hybridized carbons (Fsp3) is 0.500. The summed E-state index contributed by atoms with van der Waals surface area (Å²) in [6, 6.07) is 8.79. The van der Waals surface area contributed by atoms with Crippen LogP contribution in [0.3, 0.4) is 0 Å². The Kier molecular flexibility index (Phi) is 7.19. The van der Waals surface area contributed by atoms with Gasteiger partial charge < -0.3 is 10.1 Å². The standard InChI is InChI=1S/C16H25NO/c1-4-7-11-16(17-6-3)14-9-8-10-15(13-14)18-12-5-2/h4,8-10,13,16-17H,1,5-7,11-12H2,2-3H3. The molecular weight excluding hydrogens is 222 g/mol. The van der Waals surface area contributed by atoms with Gasteiger partial charge in [-0.1, -0.05) is 32.1 Å². The predicted molar refractivity (Wildman–Crippen MR) is 78.1 cm³/mol. The summed E-state index contributed by atoms with van der Waals surface area (Å²) in [5.74, 6) is 0.968. The zero-order valence-electron chi connectivity index (χ0n) is 11.6. The molecule has 100 valence electrons. The van der Waals surface area contributed by atoms with Crippen LogP contribution in [-0.4, -0.2) is 13.2 Å². The van der Waals surface area contributed by atoms with Crippen LogP contribution in [0.1, 0.15) is 44.7 Å². The van der Waals surface area contributed by atoms with E-state index >= 15 is 0 Å². The summed E-state index contributed by atoms with van der Waals surface area (Å²) >= 11 is 0. The Morgan fingerprint density at radius 3 is 2.89 bits per heavy atom. The first-order valence-corrected chi connectivity index (χ1v) is 6.88. The van der Waals surface area contributed by atoms with Crippen molar-refractivity contribution in [2.75, 3.05) is 13.2 Å². The number of rotatable bonds is 9. The van der Waals surface area contributed by atoms with E-state index in [1.54, 1.807) is 0 Å². The minimum atomic E-state index is 0.387. The molecule has 1 N–H and O–H groups in total. The monoisotopic (exact) mass is 247 g/mol. The van der Waals surface area contributed by atoms with Crippen molar-refractivity contribution in [1.29, 1.82) is 0 Å². The Morgan fingerprint density at radius 1 is 1.39 bits per heavy atom. The minimum absolute atomic E-state index is 0.387. The maximum atomic E-state index is 5.68. The van der Waals surface area contributed by atoms with Gasteiger partial charge >= 0.3 is 0 Å².